The first kappa shape index (κ1) is 22.1. The maximum Gasteiger partial charge on any atom is 0.383 e. The monoisotopic (exact) mass is 461 g/mol. The Bertz CT molecular complexity index is 1140. The van der Waals surface area contributed by atoms with Gasteiger partial charge in [-0.3, -0.25) is 9.47 Å². The molecule has 0 spiro atoms. The third kappa shape index (κ3) is 5.21. The highest BCUT2D eigenvalue weighted by Gasteiger charge is 2.30. The first-order valence-electron chi connectivity index (χ1n) is 9.92. The molecular formula is C21H21ClFN5O4. The Kier molecular flexibility index (Phi) is 6.09. The van der Waals surface area contributed by atoms with Gasteiger partial charge in [0.25, 0.3) is 0 Å². The van der Waals surface area contributed by atoms with Gasteiger partial charge < -0.3 is 20.0 Å². The SMILES string of the molecule is C[C@](O)(CN1CCc2nc(Oc3ccc(F)cc3)ccc2C1)Cn1cc([N+](=O)[O-])nc1Cl. The zero-order chi connectivity index (χ0) is 22.9. The second kappa shape index (κ2) is 8.81. The largest absolute Gasteiger partial charge is 0.439 e. The first-order chi connectivity index (χ1) is 15.2. The maximum atomic E-state index is 13.0. The lowest BCUT2D eigenvalue weighted by atomic mass is 10.0. The average Bonchev–Trinajstić information content (AvgIpc) is 3.09. The van der Waals surface area contributed by atoms with E-state index < -0.39 is 10.5 Å². The summed E-state index contributed by atoms with van der Waals surface area (Å²) < 4.78 is 20.1. The van der Waals surface area contributed by atoms with Gasteiger partial charge in [-0.25, -0.2) is 9.37 Å². The van der Waals surface area contributed by atoms with Crippen LogP contribution in [0, 0.1) is 15.9 Å². The van der Waals surface area contributed by atoms with Crippen LogP contribution >= 0.6 is 11.6 Å². The van der Waals surface area contributed by atoms with Crippen LogP contribution in [0.1, 0.15) is 18.2 Å². The van der Waals surface area contributed by atoms with Gasteiger partial charge in [-0.15, -0.1) is 0 Å². The third-order valence-corrected chi connectivity index (χ3v) is 5.42. The van der Waals surface area contributed by atoms with Gasteiger partial charge in [-0.05, 0) is 58.3 Å². The molecule has 1 aromatic carbocycles. The number of hydrogen-bond acceptors (Lipinski definition) is 7. The van der Waals surface area contributed by atoms with Crippen molar-refractivity contribution in [3.8, 4) is 11.6 Å². The van der Waals surface area contributed by atoms with Crippen LogP contribution in [0.15, 0.2) is 42.6 Å². The summed E-state index contributed by atoms with van der Waals surface area (Å²) in [7, 11) is 0. The highest BCUT2D eigenvalue weighted by atomic mass is 35.5. The van der Waals surface area contributed by atoms with E-state index in [-0.39, 0.29) is 23.5 Å². The molecule has 1 atom stereocenters. The number of aliphatic hydroxyl groups is 1. The normalized spacial score (nSPS) is 15.8. The fourth-order valence-electron chi connectivity index (χ4n) is 3.75. The van der Waals surface area contributed by atoms with Gasteiger partial charge in [-0.1, -0.05) is 6.07 Å². The number of halogens is 2. The van der Waals surface area contributed by atoms with Crippen molar-refractivity contribution in [2.75, 3.05) is 13.1 Å². The highest BCUT2D eigenvalue weighted by molar-refractivity contribution is 6.28. The number of β-amino-alcohol motifs (C(OH)–C–C–N with tert-alkyl or cyclic N) is 1. The van der Waals surface area contributed by atoms with Crippen molar-refractivity contribution in [3.05, 3.63) is 75.1 Å². The van der Waals surface area contributed by atoms with E-state index in [1.165, 1.54) is 22.9 Å². The van der Waals surface area contributed by atoms with Gasteiger partial charge in [0.1, 0.15) is 17.8 Å². The summed E-state index contributed by atoms with van der Waals surface area (Å²) in [5.74, 6) is 0.251. The van der Waals surface area contributed by atoms with Crippen LogP contribution in [0.2, 0.25) is 5.28 Å². The lowest BCUT2D eigenvalue weighted by Gasteiger charge is -2.34. The van der Waals surface area contributed by atoms with E-state index in [2.05, 4.69) is 14.9 Å². The van der Waals surface area contributed by atoms with E-state index in [9.17, 15) is 19.6 Å². The van der Waals surface area contributed by atoms with Gasteiger partial charge in [0, 0.05) is 32.1 Å². The molecule has 0 aliphatic carbocycles. The van der Waals surface area contributed by atoms with E-state index in [4.69, 9.17) is 16.3 Å². The zero-order valence-electron chi connectivity index (χ0n) is 17.2. The molecule has 9 nitrogen and oxygen atoms in total. The number of nitro groups is 1. The number of ether oxygens (including phenoxy) is 1. The van der Waals surface area contributed by atoms with Gasteiger partial charge >= 0.3 is 11.1 Å². The van der Waals surface area contributed by atoms with Crippen LogP contribution in [0.3, 0.4) is 0 Å². The molecule has 0 fully saturated rings. The number of pyridine rings is 1. The molecule has 1 N–H and O–H groups in total. The molecule has 2 aromatic heterocycles. The van der Waals surface area contributed by atoms with Crippen molar-refractivity contribution in [2.24, 2.45) is 0 Å². The second-order valence-corrected chi connectivity index (χ2v) is 8.36. The predicted octanol–water partition coefficient (Wildman–Crippen LogP) is 3.58. The van der Waals surface area contributed by atoms with Crippen LogP contribution in [0.4, 0.5) is 10.2 Å². The summed E-state index contributed by atoms with van der Waals surface area (Å²) in [6.45, 7) is 3.32. The third-order valence-electron chi connectivity index (χ3n) is 5.12. The molecular weight excluding hydrogens is 441 g/mol. The van der Waals surface area contributed by atoms with Crippen LogP contribution in [0.5, 0.6) is 11.6 Å². The number of benzene rings is 1. The molecule has 1 aliphatic rings. The Balaban J connectivity index is 1.39. The summed E-state index contributed by atoms with van der Waals surface area (Å²) in [5, 5.41) is 21.7. The van der Waals surface area contributed by atoms with Crippen LogP contribution in [-0.4, -0.2) is 48.2 Å². The fourth-order valence-corrected chi connectivity index (χ4v) is 3.94. The number of aromatic nitrogens is 3. The van der Waals surface area contributed by atoms with Crippen molar-refractivity contribution in [1.29, 1.82) is 0 Å². The minimum Gasteiger partial charge on any atom is -0.439 e. The Labute approximate surface area is 188 Å². The van der Waals surface area contributed by atoms with Crippen molar-refractivity contribution in [2.45, 2.75) is 32.0 Å². The zero-order valence-corrected chi connectivity index (χ0v) is 18.0. The quantitative estimate of drug-likeness (QED) is 0.423. The Morgan fingerprint density at radius 1 is 1.25 bits per heavy atom. The fraction of sp³-hybridized carbons (Fsp3) is 0.333. The van der Waals surface area contributed by atoms with Gasteiger partial charge in [-0.2, -0.15) is 0 Å². The molecule has 0 amide bonds. The van der Waals surface area contributed by atoms with Crippen molar-refractivity contribution < 1.29 is 19.2 Å². The van der Waals surface area contributed by atoms with E-state index in [1.807, 2.05) is 6.07 Å². The lowest BCUT2D eigenvalue weighted by Crippen LogP contribution is -2.45. The van der Waals surface area contributed by atoms with Crippen molar-refractivity contribution in [3.63, 3.8) is 0 Å². The molecule has 168 valence electrons. The number of imidazole rings is 1. The number of fused-ring (bicyclic) bond motifs is 1. The van der Waals surface area contributed by atoms with E-state index >= 15 is 0 Å². The maximum absolute atomic E-state index is 13.0. The van der Waals surface area contributed by atoms with Crippen LogP contribution < -0.4 is 4.74 Å². The predicted molar refractivity (Wildman–Crippen MR) is 114 cm³/mol. The minimum absolute atomic E-state index is 0.0427. The summed E-state index contributed by atoms with van der Waals surface area (Å²) >= 11 is 5.97. The standard InChI is InChI=1S/C21H21ClFN5O4/c1-21(29,13-27-11-18(28(30)31)25-20(27)22)12-26-9-8-17-14(10-26)2-7-19(24-17)32-16-5-3-15(23)4-6-16/h2-7,11,29H,8-10,12-13H2,1H3/t21-/m0/s1. The number of hydrogen-bond donors (Lipinski definition) is 1. The first-order valence-corrected chi connectivity index (χ1v) is 10.3. The summed E-state index contributed by atoms with van der Waals surface area (Å²) in [6, 6.07) is 9.43. The summed E-state index contributed by atoms with van der Waals surface area (Å²) in [5.41, 5.74) is 0.748. The van der Waals surface area contributed by atoms with E-state index in [1.54, 1.807) is 25.1 Å². The topological polar surface area (TPSA) is 107 Å². The molecule has 0 unspecified atom stereocenters. The highest BCUT2D eigenvalue weighted by Crippen LogP contribution is 2.26. The van der Waals surface area contributed by atoms with E-state index in [0.29, 0.717) is 37.7 Å². The average molecular weight is 462 g/mol. The minimum atomic E-state index is -1.19. The molecule has 3 heterocycles. The summed E-state index contributed by atoms with van der Waals surface area (Å²) in [4.78, 5) is 20.6. The molecule has 3 aromatic rings. The molecule has 32 heavy (non-hydrogen) atoms. The Morgan fingerprint density at radius 2 is 2.00 bits per heavy atom. The Hall–Kier alpha value is -3.08. The molecule has 11 heteroatoms. The smallest absolute Gasteiger partial charge is 0.383 e. The van der Waals surface area contributed by atoms with Crippen molar-refractivity contribution in [1.82, 2.24) is 19.4 Å². The molecule has 0 saturated carbocycles. The second-order valence-electron chi connectivity index (χ2n) is 8.02. The molecule has 0 bridgehead atoms. The number of nitrogens with zero attached hydrogens (tertiary/aromatic N) is 5. The lowest BCUT2D eigenvalue weighted by molar-refractivity contribution is -0.389. The Morgan fingerprint density at radius 3 is 2.69 bits per heavy atom. The molecule has 1 aliphatic heterocycles. The van der Waals surface area contributed by atoms with Crippen LogP contribution in [0.25, 0.3) is 0 Å². The molecule has 0 radical (unpaired) electrons. The van der Waals surface area contributed by atoms with Gasteiger partial charge in [0.2, 0.25) is 5.88 Å². The molecule has 0 saturated heterocycles. The van der Waals surface area contributed by atoms with E-state index in [0.717, 1.165) is 11.3 Å². The van der Waals surface area contributed by atoms with Crippen molar-refractivity contribution >= 4 is 17.4 Å². The summed E-state index contributed by atoms with van der Waals surface area (Å²) in [6.07, 6.45) is 1.89. The number of rotatable bonds is 7. The van der Waals surface area contributed by atoms with Crippen LogP contribution in [-0.2, 0) is 19.5 Å². The van der Waals surface area contributed by atoms with Gasteiger partial charge in [0.15, 0.2) is 0 Å². The van der Waals surface area contributed by atoms with Gasteiger partial charge in [0.05, 0.1) is 17.8 Å². The molecule has 4 rings (SSSR count).